The van der Waals surface area contributed by atoms with Crippen LogP contribution in [0.1, 0.15) is 37.8 Å². The number of hydrogen-bond donors (Lipinski definition) is 1. The molecule has 3 rings (SSSR count). The van der Waals surface area contributed by atoms with E-state index < -0.39 is 11.6 Å². The van der Waals surface area contributed by atoms with E-state index in [1.807, 2.05) is 6.92 Å². The maximum Gasteiger partial charge on any atom is 0.130 e. The van der Waals surface area contributed by atoms with E-state index in [-0.39, 0.29) is 11.6 Å². The number of hydrogen-bond acceptors (Lipinski definition) is 1. The minimum atomic E-state index is -0.415. The van der Waals surface area contributed by atoms with Crippen molar-refractivity contribution >= 4 is 0 Å². The minimum Gasteiger partial charge on any atom is -0.310 e. The van der Waals surface area contributed by atoms with Gasteiger partial charge in [0.2, 0.25) is 0 Å². The number of rotatable bonds is 4. The van der Waals surface area contributed by atoms with Crippen molar-refractivity contribution in [2.45, 2.75) is 32.2 Å². The van der Waals surface area contributed by atoms with Crippen molar-refractivity contribution in [3.05, 3.63) is 35.4 Å². The standard InChI is InChI=1S/C15H19F2N/c1-2-18-15(11-7-9-6-10(9)8-11)14-12(16)4-3-5-13(14)17/h3-5,9-11,15,18H,2,6-8H2,1H3. The second kappa shape index (κ2) is 4.61. The fourth-order valence-electron chi connectivity index (χ4n) is 3.57. The molecule has 0 spiro atoms. The van der Waals surface area contributed by atoms with E-state index in [0.29, 0.717) is 5.92 Å². The normalized spacial score (nSPS) is 31.2. The summed E-state index contributed by atoms with van der Waals surface area (Å²) in [6, 6.07) is 3.99. The van der Waals surface area contributed by atoms with E-state index >= 15 is 0 Å². The molecule has 0 aromatic heterocycles. The van der Waals surface area contributed by atoms with Crippen molar-refractivity contribution < 1.29 is 8.78 Å². The predicted molar refractivity (Wildman–Crippen MR) is 67.1 cm³/mol. The summed E-state index contributed by atoms with van der Waals surface area (Å²) >= 11 is 0. The first-order chi connectivity index (χ1) is 8.70. The quantitative estimate of drug-likeness (QED) is 0.861. The van der Waals surface area contributed by atoms with Crippen molar-refractivity contribution in [3.8, 4) is 0 Å². The number of benzene rings is 1. The van der Waals surface area contributed by atoms with Gasteiger partial charge in [0, 0.05) is 11.6 Å². The van der Waals surface area contributed by atoms with Gasteiger partial charge in [-0.1, -0.05) is 13.0 Å². The lowest BCUT2D eigenvalue weighted by atomic mass is 9.88. The first-order valence-corrected chi connectivity index (χ1v) is 6.88. The van der Waals surface area contributed by atoms with Gasteiger partial charge in [-0.05, 0) is 55.7 Å². The molecule has 0 amide bonds. The third-order valence-electron chi connectivity index (χ3n) is 4.49. The fourth-order valence-corrected chi connectivity index (χ4v) is 3.57. The second-order valence-corrected chi connectivity index (χ2v) is 5.66. The van der Waals surface area contributed by atoms with Gasteiger partial charge >= 0.3 is 0 Å². The van der Waals surface area contributed by atoms with Crippen molar-refractivity contribution in [3.63, 3.8) is 0 Å². The fraction of sp³-hybridized carbons (Fsp3) is 0.600. The van der Waals surface area contributed by atoms with E-state index in [1.165, 1.54) is 24.6 Å². The van der Waals surface area contributed by atoms with Gasteiger partial charge in [0.1, 0.15) is 11.6 Å². The highest BCUT2D eigenvalue weighted by molar-refractivity contribution is 5.25. The number of nitrogens with one attached hydrogen (secondary N) is 1. The zero-order valence-corrected chi connectivity index (χ0v) is 10.6. The molecule has 1 aromatic carbocycles. The highest BCUT2D eigenvalue weighted by Crippen LogP contribution is 2.57. The minimum absolute atomic E-state index is 0.163. The third kappa shape index (κ3) is 2.05. The lowest BCUT2D eigenvalue weighted by Gasteiger charge is -2.26. The molecule has 2 fully saturated rings. The van der Waals surface area contributed by atoms with Crippen molar-refractivity contribution in [2.75, 3.05) is 6.54 Å². The highest BCUT2D eigenvalue weighted by atomic mass is 19.1. The Hall–Kier alpha value is -0.960. The summed E-state index contributed by atoms with van der Waals surface area (Å²) in [4.78, 5) is 0. The van der Waals surface area contributed by atoms with Crippen LogP contribution in [0.15, 0.2) is 18.2 Å². The summed E-state index contributed by atoms with van der Waals surface area (Å²) in [5.74, 6) is 1.21. The van der Waals surface area contributed by atoms with Crippen LogP contribution >= 0.6 is 0 Å². The molecule has 0 bridgehead atoms. The average molecular weight is 251 g/mol. The third-order valence-corrected chi connectivity index (χ3v) is 4.49. The topological polar surface area (TPSA) is 12.0 Å². The molecular formula is C15H19F2N. The van der Waals surface area contributed by atoms with E-state index in [9.17, 15) is 8.78 Å². The van der Waals surface area contributed by atoms with E-state index in [2.05, 4.69) is 5.32 Å². The maximum absolute atomic E-state index is 13.9. The summed E-state index contributed by atoms with van der Waals surface area (Å²) < 4.78 is 27.8. The molecule has 0 heterocycles. The molecule has 3 atom stereocenters. The SMILES string of the molecule is CCNC(c1c(F)cccc1F)C1CC2CC2C1. The first kappa shape index (κ1) is 12.1. The Labute approximate surface area is 107 Å². The molecule has 98 valence electrons. The van der Waals surface area contributed by atoms with Crippen LogP contribution in [0.25, 0.3) is 0 Å². The summed E-state index contributed by atoms with van der Waals surface area (Å²) in [6.45, 7) is 2.73. The number of fused-ring (bicyclic) bond motifs is 1. The molecule has 3 unspecified atom stereocenters. The Bertz CT molecular complexity index is 416. The van der Waals surface area contributed by atoms with Crippen LogP contribution in [0.2, 0.25) is 0 Å². The summed E-state index contributed by atoms with van der Waals surface area (Å²) in [7, 11) is 0. The molecule has 18 heavy (non-hydrogen) atoms. The molecule has 2 aliphatic rings. The lowest BCUT2D eigenvalue weighted by Crippen LogP contribution is -2.29. The first-order valence-electron chi connectivity index (χ1n) is 6.88. The van der Waals surface area contributed by atoms with Crippen LogP contribution in [0, 0.1) is 29.4 Å². The zero-order valence-electron chi connectivity index (χ0n) is 10.6. The molecular weight excluding hydrogens is 232 g/mol. The molecule has 2 aliphatic carbocycles. The molecule has 0 radical (unpaired) electrons. The monoisotopic (exact) mass is 251 g/mol. The van der Waals surface area contributed by atoms with Crippen LogP contribution in [0.5, 0.6) is 0 Å². The van der Waals surface area contributed by atoms with Crippen molar-refractivity contribution in [2.24, 2.45) is 17.8 Å². The average Bonchev–Trinajstić information content (AvgIpc) is 2.95. The van der Waals surface area contributed by atoms with Crippen LogP contribution in [0.4, 0.5) is 8.78 Å². The van der Waals surface area contributed by atoms with E-state index in [4.69, 9.17) is 0 Å². The van der Waals surface area contributed by atoms with Gasteiger partial charge < -0.3 is 5.32 Å². The lowest BCUT2D eigenvalue weighted by molar-refractivity contribution is 0.327. The highest BCUT2D eigenvalue weighted by Gasteiger charge is 2.48. The van der Waals surface area contributed by atoms with Crippen LogP contribution < -0.4 is 5.32 Å². The van der Waals surface area contributed by atoms with Crippen LogP contribution in [0.3, 0.4) is 0 Å². The van der Waals surface area contributed by atoms with Crippen LogP contribution in [-0.4, -0.2) is 6.54 Å². The smallest absolute Gasteiger partial charge is 0.130 e. The zero-order chi connectivity index (χ0) is 12.7. The molecule has 0 aliphatic heterocycles. The molecule has 1 aromatic rings. The summed E-state index contributed by atoms with van der Waals surface area (Å²) in [6.07, 6.45) is 3.57. The Balaban J connectivity index is 1.88. The summed E-state index contributed by atoms with van der Waals surface area (Å²) in [5.41, 5.74) is 0.241. The van der Waals surface area contributed by atoms with Gasteiger partial charge in [-0.3, -0.25) is 0 Å². The molecule has 0 saturated heterocycles. The molecule has 1 N–H and O–H groups in total. The van der Waals surface area contributed by atoms with Crippen molar-refractivity contribution in [1.29, 1.82) is 0 Å². The van der Waals surface area contributed by atoms with Gasteiger partial charge in [0.15, 0.2) is 0 Å². The van der Waals surface area contributed by atoms with Gasteiger partial charge in [-0.15, -0.1) is 0 Å². The summed E-state index contributed by atoms with van der Waals surface area (Å²) in [5, 5.41) is 3.28. The predicted octanol–water partition coefficient (Wildman–Crippen LogP) is 3.66. The largest absolute Gasteiger partial charge is 0.310 e. The Morgan fingerprint density at radius 3 is 2.33 bits per heavy atom. The molecule has 2 saturated carbocycles. The Morgan fingerprint density at radius 1 is 1.17 bits per heavy atom. The number of halogens is 2. The molecule has 1 nitrogen and oxygen atoms in total. The second-order valence-electron chi connectivity index (χ2n) is 5.66. The van der Waals surface area contributed by atoms with Crippen molar-refractivity contribution in [1.82, 2.24) is 5.32 Å². The van der Waals surface area contributed by atoms with Gasteiger partial charge in [-0.25, -0.2) is 8.78 Å². The maximum atomic E-state index is 13.9. The van der Waals surface area contributed by atoms with E-state index in [0.717, 1.165) is 31.2 Å². The van der Waals surface area contributed by atoms with Gasteiger partial charge in [-0.2, -0.15) is 0 Å². The van der Waals surface area contributed by atoms with Crippen LogP contribution in [-0.2, 0) is 0 Å². The van der Waals surface area contributed by atoms with Gasteiger partial charge in [0.05, 0.1) is 0 Å². The Morgan fingerprint density at radius 2 is 1.78 bits per heavy atom. The van der Waals surface area contributed by atoms with E-state index in [1.54, 1.807) is 0 Å². The molecule has 3 heteroatoms. The Kier molecular flexibility index (Phi) is 3.10. The van der Waals surface area contributed by atoms with Gasteiger partial charge in [0.25, 0.3) is 0 Å².